The fourth-order valence-electron chi connectivity index (χ4n) is 2.43. The Morgan fingerprint density at radius 2 is 1.76 bits per heavy atom. The van der Waals surface area contributed by atoms with Gasteiger partial charge in [0.2, 0.25) is 6.10 Å². The number of carbonyl (C=O) groups excluding carboxylic acids is 2. The van der Waals surface area contributed by atoms with Gasteiger partial charge < -0.3 is 14.8 Å². The number of ether oxygens (including phenoxy) is 2. The fourth-order valence-corrected chi connectivity index (χ4v) is 2.43. The number of benzene rings is 2. The van der Waals surface area contributed by atoms with Crippen LogP contribution in [-0.2, 0) is 14.3 Å². The van der Waals surface area contributed by atoms with Gasteiger partial charge in [0.25, 0.3) is 5.91 Å². The molecule has 5 heteroatoms. The zero-order chi connectivity index (χ0) is 17.6. The van der Waals surface area contributed by atoms with E-state index in [1.807, 2.05) is 43.3 Å². The first kappa shape index (κ1) is 17.0. The molecule has 1 saturated carbocycles. The Hall–Kier alpha value is -2.82. The van der Waals surface area contributed by atoms with Crippen molar-refractivity contribution in [3.8, 4) is 5.75 Å². The summed E-state index contributed by atoms with van der Waals surface area (Å²) in [6.45, 7) is 1.65. The average Bonchev–Trinajstić information content (AvgIpc) is 3.43. The predicted molar refractivity (Wildman–Crippen MR) is 93.1 cm³/mol. The summed E-state index contributed by atoms with van der Waals surface area (Å²) in [6.07, 6.45) is 0.976. The molecule has 0 radical (unpaired) electrons. The Morgan fingerprint density at radius 1 is 1.08 bits per heavy atom. The average molecular weight is 339 g/mol. The zero-order valence-electron chi connectivity index (χ0n) is 14.1. The number of esters is 1. The van der Waals surface area contributed by atoms with E-state index in [1.54, 1.807) is 18.2 Å². The molecule has 1 aliphatic rings. The van der Waals surface area contributed by atoms with Crippen molar-refractivity contribution in [1.29, 1.82) is 0 Å². The van der Waals surface area contributed by atoms with Crippen molar-refractivity contribution in [3.63, 3.8) is 0 Å². The minimum absolute atomic E-state index is 0.195. The lowest BCUT2D eigenvalue weighted by Crippen LogP contribution is -2.34. The monoisotopic (exact) mass is 339 g/mol. The lowest BCUT2D eigenvalue weighted by atomic mass is 10.1. The molecule has 130 valence electrons. The van der Waals surface area contributed by atoms with Crippen LogP contribution in [0.15, 0.2) is 54.6 Å². The van der Waals surface area contributed by atoms with E-state index in [4.69, 9.17) is 9.47 Å². The molecule has 25 heavy (non-hydrogen) atoms. The van der Waals surface area contributed by atoms with Gasteiger partial charge in [0, 0.05) is 11.6 Å². The largest absolute Gasteiger partial charge is 0.482 e. The first-order valence-corrected chi connectivity index (χ1v) is 8.36. The summed E-state index contributed by atoms with van der Waals surface area (Å²) in [7, 11) is 0. The Bertz CT molecular complexity index is 740. The van der Waals surface area contributed by atoms with E-state index in [1.165, 1.54) is 0 Å². The van der Waals surface area contributed by atoms with Gasteiger partial charge in [0.15, 0.2) is 6.61 Å². The van der Waals surface area contributed by atoms with E-state index in [-0.39, 0.29) is 18.6 Å². The van der Waals surface area contributed by atoms with Crippen molar-refractivity contribution in [3.05, 3.63) is 65.7 Å². The lowest BCUT2D eigenvalue weighted by Gasteiger charge is -2.18. The molecule has 1 amide bonds. The van der Waals surface area contributed by atoms with Gasteiger partial charge >= 0.3 is 5.97 Å². The number of amides is 1. The van der Waals surface area contributed by atoms with Crippen molar-refractivity contribution < 1.29 is 19.1 Å². The number of hydrogen-bond donors (Lipinski definition) is 1. The third kappa shape index (κ3) is 4.83. The second-order valence-electron chi connectivity index (χ2n) is 6.12. The summed E-state index contributed by atoms with van der Waals surface area (Å²) >= 11 is 0. The van der Waals surface area contributed by atoms with Gasteiger partial charge in [-0.15, -0.1) is 0 Å². The Morgan fingerprint density at radius 3 is 2.44 bits per heavy atom. The molecule has 0 spiro atoms. The van der Waals surface area contributed by atoms with Gasteiger partial charge in [0.1, 0.15) is 5.75 Å². The molecular formula is C20H21NO4. The Kier molecular flexibility index (Phi) is 5.33. The topological polar surface area (TPSA) is 64.6 Å². The van der Waals surface area contributed by atoms with Gasteiger partial charge in [-0.3, -0.25) is 4.79 Å². The Labute approximate surface area is 147 Å². The van der Waals surface area contributed by atoms with E-state index in [0.29, 0.717) is 11.3 Å². The predicted octanol–water partition coefficient (Wildman–Crippen LogP) is 2.94. The summed E-state index contributed by atoms with van der Waals surface area (Å²) in [5.74, 6) is -0.251. The normalized spacial score (nSPS) is 14.4. The number of carbonyl (C=O) groups is 2. The molecule has 0 saturated heterocycles. The minimum Gasteiger partial charge on any atom is -0.482 e. The summed E-state index contributed by atoms with van der Waals surface area (Å²) in [5.41, 5.74) is 1.58. The van der Waals surface area contributed by atoms with Crippen molar-refractivity contribution in [2.75, 3.05) is 6.61 Å². The summed E-state index contributed by atoms with van der Waals surface area (Å²) < 4.78 is 10.9. The van der Waals surface area contributed by atoms with Crippen LogP contribution in [0.25, 0.3) is 0 Å². The quantitative estimate of drug-likeness (QED) is 0.788. The standard InChI is InChI=1S/C20H21NO4/c1-14-7-5-6-10-17(14)24-13-18(22)25-19(15-8-3-2-4-9-15)20(23)21-16-11-12-16/h2-10,16,19H,11-13H2,1H3,(H,21,23)/t19-/m0/s1. The molecule has 2 aromatic rings. The first-order chi connectivity index (χ1) is 12.1. The van der Waals surface area contributed by atoms with E-state index in [0.717, 1.165) is 18.4 Å². The highest BCUT2D eigenvalue weighted by atomic mass is 16.6. The van der Waals surface area contributed by atoms with Crippen LogP contribution in [0.3, 0.4) is 0 Å². The number of rotatable bonds is 7. The summed E-state index contributed by atoms with van der Waals surface area (Å²) in [5, 5.41) is 2.88. The van der Waals surface area contributed by atoms with Gasteiger partial charge in [-0.2, -0.15) is 0 Å². The third-order valence-corrected chi connectivity index (χ3v) is 3.95. The van der Waals surface area contributed by atoms with Crippen molar-refractivity contribution in [2.45, 2.75) is 31.9 Å². The highest BCUT2D eigenvalue weighted by Gasteiger charge is 2.30. The molecular weight excluding hydrogens is 318 g/mol. The maximum absolute atomic E-state index is 12.4. The van der Waals surface area contributed by atoms with E-state index in [9.17, 15) is 9.59 Å². The third-order valence-electron chi connectivity index (χ3n) is 3.95. The van der Waals surface area contributed by atoms with E-state index < -0.39 is 12.1 Å². The Balaban J connectivity index is 1.63. The smallest absolute Gasteiger partial charge is 0.345 e. The maximum Gasteiger partial charge on any atom is 0.345 e. The molecule has 1 fully saturated rings. The van der Waals surface area contributed by atoms with Crippen LogP contribution in [0.2, 0.25) is 0 Å². The fraction of sp³-hybridized carbons (Fsp3) is 0.300. The highest BCUT2D eigenvalue weighted by molar-refractivity contribution is 5.85. The van der Waals surface area contributed by atoms with Crippen LogP contribution < -0.4 is 10.1 Å². The van der Waals surface area contributed by atoms with Gasteiger partial charge in [-0.1, -0.05) is 48.5 Å². The molecule has 0 heterocycles. The van der Waals surface area contributed by atoms with Gasteiger partial charge in [-0.25, -0.2) is 4.79 Å². The van der Waals surface area contributed by atoms with Crippen LogP contribution in [-0.4, -0.2) is 24.5 Å². The number of aryl methyl sites for hydroxylation is 1. The van der Waals surface area contributed by atoms with Crippen LogP contribution in [0.5, 0.6) is 5.75 Å². The van der Waals surface area contributed by atoms with Gasteiger partial charge in [-0.05, 0) is 31.4 Å². The van der Waals surface area contributed by atoms with Crippen molar-refractivity contribution >= 4 is 11.9 Å². The van der Waals surface area contributed by atoms with Crippen LogP contribution in [0.1, 0.15) is 30.1 Å². The molecule has 5 nitrogen and oxygen atoms in total. The van der Waals surface area contributed by atoms with Crippen molar-refractivity contribution in [2.24, 2.45) is 0 Å². The molecule has 1 aliphatic carbocycles. The molecule has 0 bridgehead atoms. The number of hydrogen-bond acceptors (Lipinski definition) is 4. The van der Waals surface area contributed by atoms with Crippen LogP contribution in [0.4, 0.5) is 0 Å². The highest BCUT2D eigenvalue weighted by Crippen LogP contribution is 2.23. The lowest BCUT2D eigenvalue weighted by molar-refractivity contribution is -0.158. The van der Waals surface area contributed by atoms with Crippen LogP contribution >= 0.6 is 0 Å². The molecule has 3 rings (SSSR count). The second kappa shape index (κ2) is 7.83. The minimum atomic E-state index is -0.963. The van der Waals surface area contributed by atoms with Crippen LogP contribution in [0, 0.1) is 6.92 Å². The first-order valence-electron chi connectivity index (χ1n) is 8.36. The number of para-hydroxylation sites is 1. The SMILES string of the molecule is Cc1ccccc1OCC(=O)O[C@H](C(=O)NC1CC1)c1ccccc1. The molecule has 0 aromatic heterocycles. The second-order valence-corrected chi connectivity index (χ2v) is 6.12. The molecule has 0 unspecified atom stereocenters. The van der Waals surface area contributed by atoms with Crippen molar-refractivity contribution in [1.82, 2.24) is 5.32 Å². The summed E-state index contributed by atoms with van der Waals surface area (Å²) in [4.78, 5) is 24.6. The zero-order valence-corrected chi connectivity index (χ0v) is 14.1. The van der Waals surface area contributed by atoms with Gasteiger partial charge in [0.05, 0.1) is 0 Å². The molecule has 1 N–H and O–H groups in total. The van der Waals surface area contributed by atoms with E-state index in [2.05, 4.69) is 5.32 Å². The van der Waals surface area contributed by atoms with E-state index >= 15 is 0 Å². The molecule has 0 aliphatic heterocycles. The maximum atomic E-state index is 12.4. The summed E-state index contributed by atoms with van der Waals surface area (Å²) in [6, 6.07) is 16.6. The molecule has 2 aromatic carbocycles. The molecule has 1 atom stereocenters. The number of nitrogens with one attached hydrogen (secondary N) is 1.